The minimum Gasteiger partial charge on any atom is -0.467 e. The molecular weight excluding hydrogens is 466 g/mol. The van der Waals surface area contributed by atoms with Crippen molar-refractivity contribution in [2.75, 3.05) is 13.7 Å². The van der Waals surface area contributed by atoms with E-state index >= 15 is 0 Å². The summed E-state index contributed by atoms with van der Waals surface area (Å²) < 4.78 is 15.5. The van der Waals surface area contributed by atoms with Crippen molar-refractivity contribution >= 4 is 23.8 Å². The molecule has 5 N–H and O–H groups in total. The Hall–Kier alpha value is -3.89. The van der Waals surface area contributed by atoms with Crippen LogP contribution >= 0.6 is 0 Å². The number of hydrogen-bond acceptors (Lipinski definition) is 8. The van der Waals surface area contributed by atoms with E-state index in [1.54, 1.807) is 45.0 Å². The second-order valence-corrected chi connectivity index (χ2v) is 9.52. The fraction of sp³-hybridized carbons (Fsp3) is 0.480. The van der Waals surface area contributed by atoms with E-state index in [0.717, 1.165) is 5.56 Å². The van der Waals surface area contributed by atoms with Crippen molar-refractivity contribution in [1.29, 1.82) is 5.41 Å². The number of hydrogen-bond donors (Lipinski definition) is 4. The van der Waals surface area contributed by atoms with Crippen molar-refractivity contribution in [2.45, 2.75) is 58.6 Å². The molecule has 11 nitrogen and oxygen atoms in total. The van der Waals surface area contributed by atoms with Crippen molar-refractivity contribution in [3.8, 4) is 0 Å². The highest BCUT2D eigenvalue weighted by Gasteiger charge is 2.24. The highest BCUT2D eigenvalue weighted by atomic mass is 16.6. The number of methoxy groups -OCH3 is 1. The Labute approximate surface area is 210 Å². The van der Waals surface area contributed by atoms with E-state index < -0.39 is 29.6 Å². The number of oxazole rings is 1. The number of alkyl carbamates (subject to hydrolysis) is 1. The summed E-state index contributed by atoms with van der Waals surface area (Å²) >= 11 is 0. The van der Waals surface area contributed by atoms with Gasteiger partial charge in [0.2, 0.25) is 0 Å². The molecule has 0 aliphatic carbocycles. The third kappa shape index (κ3) is 9.40. The average Bonchev–Trinajstić information content (AvgIpc) is 3.29. The monoisotopic (exact) mass is 501 g/mol. The summed E-state index contributed by atoms with van der Waals surface area (Å²) in [7, 11) is 1.24. The number of benzene rings is 1. The highest BCUT2D eigenvalue weighted by Crippen LogP contribution is 2.12. The lowest BCUT2D eigenvalue weighted by Gasteiger charge is -2.20. The number of amides is 2. The van der Waals surface area contributed by atoms with E-state index in [-0.39, 0.29) is 23.9 Å². The predicted octanol–water partition coefficient (Wildman–Crippen LogP) is 2.57. The van der Waals surface area contributed by atoms with E-state index in [0.29, 0.717) is 30.8 Å². The molecule has 0 spiro atoms. The Kier molecular flexibility index (Phi) is 10.0. The molecular formula is C25H35N5O6. The van der Waals surface area contributed by atoms with Crippen LogP contribution in [0.2, 0.25) is 0 Å². The normalized spacial score (nSPS) is 12.8. The quantitative estimate of drug-likeness (QED) is 0.207. The second kappa shape index (κ2) is 12.7. The number of nitrogens with two attached hydrogens (primary N) is 1. The zero-order valence-corrected chi connectivity index (χ0v) is 21.3. The first-order valence-electron chi connectivity index (χ1n) is 11.6. The molecule has 2 rings (SSSR count). The Morgan fingerprint density at radius 3 is 2.44 bits per heavy atom. The molecule has 11 heteroatoms. The van der Waals surface area contributed by atoms with Crippen molar-refractivity contribution in [3.05, 3.63) is 53.2 Å². The van der Waals surface area contributed by atoms with E-state index in [4.69, 9.17) is 25.0 Å². The zero-order chi connectivity index (χ0) is 26.9. The first-order valence-corrected chi connectivity index (χ1v) is 11.6. The number of carbonyl (C=O) groups is 3. The Morgan fingerprint density at radius 1 is 1.19 bits per heavy atom. The zero-order valence-electron chi connectivity index (χ0n) is 21.3. The summed E-state index contributed by atoms with van der Waals surface area (Å²) in [6, 6.07) is 5.85. The first-order chi connectivity index (χ1) is 16.9. The van der Waals surface area contributed by atoms with Gasteiger partial charge in [0.25, 0.3) is 5.91 Å². The number of nitrogen functional groups attached to an aromatic ring is 1. The molecule has 196 valence electrons. The molecule has 0 fully saturated rings. The molecule has 36 heavy (non-hydrogen) atoms. The summed E-state index contributed by atoms with van der Waals surface area (Å²) in [5.41, 5.74) is 6.27. The number of aryl methyl sites for hydroxylation is 1. The molecule has 0 unspecified atom stereocenters. The van der Waals surface area contributed by atoms with Crippen LogP contribution in [0.1, 0.15) is 61.6 Å². The number of rotatable bonds is 11. The number of nitrogens with zero attached hydrogens (tertiary/aromatic N) is 1. The molecule has 2 atom stereocenters. The molecule has 2 aromatic rings. The highest BCUT2D eigenvalue weighted by molar-refractivity contribution is 5.95. The lowest BCUT2D eigenvalue weighted by molar-refractivity contribution is -0.142. The van der Waals surface area contributed by atoms with Crippen LogP contribution in [0.3, 0.4) is 0 Å². The fourth-order valence-electron chi connectivity index (χ4n) is 3.20. The molecule has 0 aliphatic rings. The lowest BCUT2D eigenvalue weighted by atomic mass is 10.0. The minimum atomic E-state index is -0.940. The summed E-state index contributed by atoms with van der Waals surface area (Å²) in [6.07, 6.45) is 2.08. The summed E-state index contributed by atoms with van der Waals surface area (Å²) in [4.78, 5) is 41.0. The SMILES string of the molecule is COC(=O)[C@H](Cc1ccc(C(=N)N)cc1)NC(=O)c1coc(CC[C@H](C)CNC(=O)OC(C)(C)C)n1. The maximum Gasteiger partial charge on any atom is 0.407 e. The van der Waals surface area contributed by atoms with E-state index in [9.17, 15) is 14.4 Å². The molecule has 0 aliphatic heterocycles. The molecule has 2 amide bonds. The van der Waals surface area contributed by atoms with Crippen molar-refractivity contribution in [2.24, 2.45) is 11.7 Å². The van der Waals surface area contributed by atoms with E-state index in [1.807, 2.05) is 6.92 Å². The number of esters is 1. The second-order valence-electron chi connectivity index (χ2n) is 9.52. The van der Waals surface area contributed by atoms with Gasteiger partial charge in [0.15, 0.2) is 11.6 Å². The van der Waals surface area contributed by atoms with Crippen LogP contribution in [0.25, 0.3) is 0 Å². The third-order valence-electron chi connectivity index (χ3n) is 5.12. The maximum atomic E-state index is 12.7. The van der Waals surface area contributed by atoms with Gasteiger partial charge in [0.05, 0.1) is 7.11 Å². The number of aromatic nitrogens is 1. The van der Waals surface area contributed by atoms with Crippen LogP contribution in [0, 0.1) is 11.3 Å². The largest absolute Gasteiger partial charge is 0.467 e. The molecule has 1 aromatic heterocycles. The van der Waals surface area contributed by atoms with Crippen molar-refractivity contribution in [3.63, 3.8) is 0 Å². The van der Waals surface area contributed by atoms with Crippen molar-refractivity contribution < 1.29 is 28.3 Å². The number of ether oxygens (including phenoxy) is 2. The van der Waals surface area contributed by atoms with Crippen LogP contribution < -0.4 is 16.4 Å². The van der Waals surface area contributed by atoms with Gasteiger partial charge in [-0.2, -0.15) is 0 Å². The van der Waals surface area contributed by atoms with Gasteiger partial charge in [-0.25, -0.2) is 14.6 Å². The van der Waals surface area contributed by atoms with Gasteiger partial charge >= 0.3 is 12.1 Å². The topological polar surface area (TPSA) is 170 Å². The lowest BCUT2D eigenvalue weighted by Crippen LogP contribution is -2.43. The fourth-order valence-corrected chi connectivity index (χ4v) is 3.20. The van der Waals surface area contributed by atoms with Gasteiger partial charge in [-0.15, -0.1) is 0 Å². The first kappa shape index (κ1) is 28.3. The third-order valence-corrected chi connectivity index (χ3v) is 5.12. The van der Waals surface area contributed by atoms with Crippen LogP contribution in [0.15, 0.2) is 34.9 Å². The van der Waals surface area contributed by atoms with Crippen molar-refractivity contribution in [1.82, 2.24) is 15.6 Å². The summed E-state index contributed by atoms with van der Waals surface area (Å²) in [5, 5.41) is 12.8. The molecule has 0 saturated heterocycles. The molecule has 1 aromatic carbocycles. The van der Waals surface area contributed by atoms with E-state index in [1.165, 1.54) is 13.4 Å². The van der Waals surface area contributed by atoms with Gasteiger partial charge in [0, 0.05) is 24.9 Å². The van der Waals surface area contributed by atoms with Crippen LogP contribution in [0.5, 0.6) is 0 Å². The van der Waals surface area contributed by atoms with Gasteiger partial charge in [0.1, 0.15) is 23.7 Å². The molecule has 1 heterocycles. The Bertz CT molecular complexity index is 1060. The molecule has 0 bridgehead atoms. The minimum absolute atomic E-state index is 0.0466. The van der Waals surface area contributed by atoms with Gasteiger partial charge in [-0.05, 0) is 38.7 Å². The smallest absolute Gasteiger partial charge is 0.407 e. The summed E-state index contributed by atoms with van der Waals surface area (Å²) in [6.45, 7) is 7.79. The van der Waals surface area contributed by atoms with Gasteiger partial charge in [-0.3, -0.25) is 10.2 Å². The standard InChI is InChI=1S/C25H35N5O6/c1-15(13-28-24(33)36-25(2,3)4)6-11-20-29-19(14-35-20)22(31)30-18(23(32)34-5)12-16-7-9-17(10-8-16)21(26)27/h7-10,14-15,18H,6,11-13H2,1-5H3,(H3,26,27)(H,28,33)(H,30,31)/t15-,18-/m0/s1. The van der Waals surface area contributed by atoms with Crippen LogP contribution in [-0.4, -0.2) is 54.1 Å². The predicted molar refractivity (Wildman–Crippen MR) is 133 cm³/mol. The van der Waals surface area contributed by atoms with Gasteiger partial charge < -0.3 is 30.3 Å². The summed E-state index contributed by atoms with van der Waals surface area (Å²) in [5.74, 6) is -0.733. The van der Waals surface area contributed by atoms with Gasteiger partial charge in [-0.1, -0.05) is 31.2 Å². The average molecular weight is 502 g/mol. The van der Waals surface area contributed by atoms with Crippen LogP contribution in [0.4, 0.5) is 4.79 Å². The molecule has 0 radical (unpaired) electrons. The number of carbonyl (C=O) groups excluding carboxylic acids is 3. The number of amidine groups is 1. The van der Waals surface area contributed by atoms with Crippen LogP contribution in [-0.2, 0) is 27.1 Å². The molecule has 0 saturated carbocycles. The maximum absolute atomic E-state index is 12.7. The Balaban J connectivity index is 1.90. The van der Waals surface area contributed by atoms with E-state index in [2.05, 4.69) is 15.6 Å². The number of nitrogens with one attached hydrogen (secondary N) is 3. The Morgan fingerprint density at radius 2 is 1.86 bits per heavy atom.